The minimum absolute atomic E-state index is 0.232. The van der Waals surface area contributed by atoms with Crippen LogP contribution in [0.25, 0.3) is 0 Å². The molecular formula is C13H16N4O2S. The van der Waals surface area contributed by atoms with Crippen molar-refractivity contribution in [3.8, 4) is 12.0 Å². The van der Waals surface area contributed by atoms with E-state index < -0.39 is 0 Å². The van der Waals surface area contributed by atoms with E-state index >= 15 is 0 Å². The zero-order valence-corrected chi connectivity index (χ0v) is 12.2. The smallest absolute Gasteiger partial charge is 0.324 e. The second-order valence-electron chi connectivity index (χ2n) is 3.72. The second kappa shape index (κ2) is 7.54. The highest BCUT2D eigenvalue weighted by Gasteiger charge is 2.06. The summed E-state index contributed by atoms with van der Waals surface area (Å²) in [6.45, 7) is 0.732. The Morgan fingerprint density at radius 2 is 1.65 bits per heavy atom. The lowest BCUT2D eigenvalue weighted by molar-refractivity contribution is 0.341. The van der Waals surface area contributed by atoms with E-state index in [0.717, 1.165) is 12.3 Å². The number of aromatic nitrogens is 3. The molecule has 1 heterocycles. The monoisotopic (exact) mass is 292 g/mol. The SMILES string of the molecule is COc1nc(NCCSc2ccccc2)nc(OC)n1. The van der Waals surface area contributed by atoms with Crippen LogP contribution in [0.15, 0.2) is 35.2 Å². The first-order valence-corrected chi connectivity index (χ1v) is 7.06. The van der Waals surface area contributed by atoms with Crippen molar-refractivity contribution in [3.63, 3.8) is 0 Å². The number of nitrogens with one attached hydrogen (secondary N) is 1. The number of benzene rings is 1. The quantitative estimate of drug-likeness (QED) is 0.619. The molecule has 0 aliphatic carbocycles. The summed E-state index contributed by atoms with van der Waals surface area (Å²) < 4.78 is 9.97. The summed E-state index contributed by atoms with van der Waals surface area (Å²) >= 11 is 1.76. The van der Waals surface area contributed by atoms with Crippen LogP contribution >= 0.6 is 11.8 Å². The molecule has 1 aromatic carbocycles. The van der Waals surface area contributed by atoms with Crippen molar-refractivity contribution in [1.82, 2.24) is 15.0 Å². The van der Waals surface area contributed by atoms with Crippen molar-refractivity contribution in [2.45, 2.75) is 4.90 Å². The highest BCUT2D eigenvalue weighted by molar-refractivity contribution is 7.99. The van der Waals surface area contributed by atoms with Gasteiger partial charge in [0.1, 0.15) is 0 Å². The number of rotatable bonds is 7. The maximum absolute atomic E-state index is 4.99. The third-order valence-electron chi connectivity index (χ3n) is 2.36. The number of anilines is 1. The van der Waals surface area contributed by atoms with Crippen LogP contribution in [0.2, 0.25) is 0 Å². The van der Waals surface area contributed by atoms with E-state index in [2.05, 4.69) is 32.4 Å². The summed E-state index contributed by atoms with van der Waals surface area (Å²) in [6.07, 6.45) is 0. The highest BCUT2D eigenvalue weighted by Crippen LogP contribution is 2.17. The van der Waals surface area contributed by atoms with Gasteiger partial charge in [-0.2, -0.15) is 9.97 Å². The molecule has 2 rings (SSSR count). The Morgan fingerprint density at radius 1 is 1.00 bits per heavy atom. The third kappa shape index (κ3) is 4.27. The standard InChI is InChI=1S/C13H16N4O2S/c1-18-12-15-11(16-13(17-12)19-2)14-8-9-20-10-6-4-3-5-7-10/h3-7H,8-9H2,1-2H3,(H,14,15,16,17). The third-order valence-corrected chi connectivity index (χ3v) is 3.37. The first-order chi connectivity index (χ1) is 9.81. The Bertz CT molecular complexity index is 517. The lowest BCUT2D eigenvalue weighted by atomic mass is 10.4. The van der Waals surface area contributed by atoms with Gasteiger partial charge in [-0.3, -0.25) is 0 Å². The molecule has 106 valence electrons. The minimum Gasteiger partial charge on any atom is -0.467 e. The largest absolute Gasteiger partial charge is 0.467 e. The summed E-state index contributed by atoms with van der Waals surface area (Å²) in [5, 5.41) is 3.12. The molecule has 0 fully saturated rings. The Balaban J connectivity index is 1.84. The summed E-state index contributed by atoms with van der Waals surface area (Å²) in [4.78, 5) is 13.4. The van der Waals surface area contributed by atoms with Crippen molar-refractivity contribution >= 4 is 17.7 Å². The van der Waals surface area contributed by atoms with Gasteiger partial charge in [-0.15, -0.1) is 16.7 Å². The Labute approximate surface area is 122 Å². The molecule has 0 aliphatic heterocycles. The number of ether oxygens (including phenoxy) is 2. The fourth-order valence-corrected chi connectivity index (χ4v) is 2.24. The van der Waals surface area contributed by atoms with Crippen LogP contribution in [0.3, 0.4) is 0 Å². The zero-order valence-electron chi connectivity index (χ0n) is 11.4. The molecule has 7 heteroatoms. The molecule has 0 unspecified atom stereocenters. The van der Waals surface area contributed by atoms with E-state index in [-0.39, 0.29) is 12.0 Å². The van der Waals surface area contributed by atoms with Gasteiger partial charge in [0.25, 0.3) is 0 Å². The molecule has 0 atom stereocenters. The first-order valence-electron chi connectivity index (χ1n) is 6.07. The lowest BCUT2D eigenvalue weighted by Crippen LogP contribution is -2.09. The summed E-state index contributed by atoms with van der Waals surface area (Å²) in [5.74, 6) is 1.35. The molecular weight excluding hydrogens is 276 g/mol. The van der Waals surface area contributed by atoms with Crippen LogP contribution in [0, 0.1) is 0 Å². The fraction of sp³-hybridized carbons (Fsp3) is 0.308. The van der Waals surface area contributed by atoms with Gasteiger partial charge in [0.2, 0.25) is 5.95 Å². The van der Waals surface area contributed by atoms with Crippen molar-refractivity contribution in [1.29, 1.82) is 0 Å². The molecule has 1 N–H and O–H groups in total. The number of nitrogens with zero attached hydrogens (tertiary/aromatic N) is 3. The zero-order chi connectivity index (χ0) is 14.2. The highest BCUT2D eigenvalue weighted by atomic mass is 32.2. The van der Waals surface area contributed by atoms with Crippen LogP contribution in [-0.2, 0) is 0 Å². The predicted molar refractivity (Wildman–Crippen MR) is 78.6 cm³/mol. The number of hydrogen-bond donors (Lipinski definition) is 1. The lowest BCUT2D eigenvalue weighted by Gasteiger charge is -2.07. The molecule has 0 spiro atoms. The van der Waals surface area contributed by atoms with Gasteiger partial charge in [0, 0.05) is 17.2 Å². The van der Waals surface area contributed by atoms with E-state index in [1.807, 2.05) is 18.2 Å². The van der Waals surface area contributed by atoms with Crippen molar-refractivity contribution in [2.24, 2.45) is 0 Å². The number of thioether (sulfide) groups is 1. The van der Waals surface area contributed by atoms with Crippen LogP contribution in [0.4, 0.5) is 5.95 Å². The molecule has 0 bridgehead atoms. The van der Waals surface area contributed by atoms with Gasteiger partial charge in [-0.05, 0) is 12.1 Å². The van der Waals surface area contributed by atoms with Gasteiger partial charge in [0.15, 0.2) is 0 Å². The molecule has 2 aromatic rings. The van der Waals surface area contributed by atoms with Crippen LogP contribution < -0.4 is 14.8 Å². The van der Waals surface area contributed by atoms with E-state index in [0.29, 0.717) is 5.95 Å². The fourth-order valence-electron chi connectivity index (χ4n) is 1.45. The molecule has 20 heavy (non-hydrogen) atoms. The Hall–Kier alpha value is -2.02. The maximum atomic E-state index is 4.99. The maximum Gasteiger partial charge on any atom is 0.324 e. The van der Waals surface area contributed by atoms with Crippen LogP contribution in [-0.4, -0.2) is 41.5 Å². The van der Waals surface area contributed by atoms with E-state index in [9.17, 15) is 0 Å². The second-order valence-corrected chi connectivity index (χ2v) is 4.89. The van der Waals surface area contributed by atoms with Crippen LogP contribution in [0.1, 0.15) is 0 Å². The van der Waals surface area contributed by atoms with Crippen molar-refractivity contribution < 1.29 is 9.47 Å². The van der Waals surface area contributed by atoms with E-state index in [4.69, 9.17) is 9.47 Å². The summed E-state index contributed by atoms with van der Waals surface area (Å²) in [5.41, 5.74) is 0. The summed E-state index contributed by atoms with van der Waals surface area (Å²) in [7, 11) is 3.01. The normalized spacial score (nSPS) is 10.1. The van der Waals surface area contributed by atoms with E-state index in [1.54, 1.807) is 11.8 Å². The van der Waals surface area contributed by atoms with Gasteiger partial charge in [0.05, 0.1) is 14.2 Å². The van der Waals surface area contributed by atoms with Gasteiger partial charge in [-0.1, -0.05) is 18.2 Å². The Kier molecular flexibility index (Phi) is 5.43. The minimum atomic E-state index is 0.232. The number of hydrogen-bond acceptors (Lipinski definition) is 7. The molecule has 0 radical (unpaired) electrons. The van der Waals surface area contributed by atoms with Crippen molar-refractivity contribution in [2.75, 3.05) is 31.8 Å². The number of methoxy groups -OCH3 is 2. The topological polar surface area (TPSA) is 69.2 Å². The van der Waals surface area contributed by atoms with Gasteiger partial charge < -0.3 is 14.8 Å². The molecule has 0 saturated carbocycles. The van der Waals surface area contributed by atoms with Gasteiger partial charge in [-0.25, -0.2) is 0 Å². The predicted octanol–water partition coefficient (Wildman–Crippen LogP) is 2.09. The van der Waals surface area contributed by atoms with Crippen LogP contribution in [0.5, 0.6) is 12.0 Å². The van der Waals surface area contributed by atoms with E-state index in [1.165, 1.54) is 19.1 Å². The van der Waals surface area contributed by atoms with Crippen molar-refractivity contribution in [3.05, 3.63) is 30.3 Å². The summed E-state index contributed by atoms with van der Waals surface area (Å²) in [6, 6.07) is 10.7. The average molecular weight is 292 g/mol. The molecule has 6 nitrogen and oxygen atoms in total. The first kappa shape index (κ1) is 14.4. The molecule has 1 aromatic heterocycles. The average Bonchev–Trinajstić information content (AvgIpc) is 2.52. The van der Waals surface area contributed by atoms with Gasteiger partial charge >= 0.3 is 12.0 Å². The molecule has 0 saturated heterocycles. The Morgan fingerprint density at radius 3 is 2.25 bits per heavy atom. The molecule has 0 amide bonds. The molecule has 0 aliphatic rings.